The third-order valence-electron chi connectivity index (χ3n) is 5.60. The molecule has 5 rings (SSSR count). The summed E-state index contributed by atoms with van der Waals surface area (Å²) in [5.41, 5.74) is 2.27. The zero-order valence-electron chi connectivity index (χ0n) is 17.1. The summed E-state index contributed by atoms with van der Waals surface area (Å²) in [6.07, 6.45) is 2.09. The van der Waals surface area contributed by atoms with Crippen LogP contribution in [-0.2, 0) is 4.79 Å². The van der Waals surface area contributed by atoms with Gasteiger partial charge in [-0.25, -0.2) is 9.55 Å². The molecule has 2 aromatic heterocycles. The summed E-state index contributed by atoms with van der Waals surface area (Å²) >= 11 is 1.29. The Morgan fingerprint density at radius 3 is 2.68 bits per heavy atom. The predicted octanol–water partition coefficient (Wildman–Crippen LogP) is 3.59. The number of para-hydroxylation sites is 3. The maximum Gasteiger partial charge on any atom is 0.283 e. The number of ether oxygens (including phenoxy) is 1. The molecule has 1 amide bonds. The fourth-order valence-corrected chi connectivity index (χ4v) is 4.95. The van der Waals surface area contributed by atoms with Crippen molar-refractivity contribution < 1.29 is 9.53 Å². The average Bonchev–Trinajstić information content (AvgIpc) is 3.46. The maximum absolute atomic E-state index is 13.6. The number of nitrogens with one attached hydrogen (secondary N) is 1. The summed E-state index contributed by atoms with van der Waals surface area (Å²) in [5, 5.41) is 1.36. The van der Waals surface area contributed by atoms with Crippen molar-refractivity contribution in [3.8, 4) is 11.4 Å². The van der Waals surface area contributed by atoms with Crippen molar-refractivity contribution in [1.29, 1.82) is 0 Å². The molecule has 7 nitrogen and oxygen atoms in total. The van der Waals surface area contributed by atoms with E-state index in [1.807, 2.05) is 47.4 Å². The van der Waals surface area contributed by atoms with Crippen LogP contribution < -0.4 is 10.3 Å². The monoisotopic (exact) mass is 434 g/mol. The number of carbonyl (C=O) groups excluding carboxylic acids is 1. The van der Waals surface area contributed by atoms with E-state index < -0.39 is 0 Å². The minimum absolute atomic E-state index is 0.0716. The molecule has 1 aliphatic heterocycles. The number of nitrogens with zero attached hydrogens (tertiary/aromatic N) is 3. The maximum atomic E-state index is 13.6. The molecule has 0 aliphatic carbocycles. The van der Waals surface area contributed by atoms with Gasteiger partial charge in [0, 0.05) is 24.0 Å². The summed E-state index contributed by atoms with van der Waals surface area (Å²) in [4.78, 5) is 36.2. The molecule has 2 aromatic carbocycles. The number of likely N-dealkylation sites (tertiary alicyclic amines) is 1. The van der Waals surface area contributed by atoms with Crippen LogP contribution in [0.5, 0.6) is 5.75 Å². The van der Waals surface area contributed by atoms with E-state index >= 15 is 0 Å². The summed E-state index contributed by atoms with van der Waals surface area (Å²) in [7, 11) is 1.57. The molecule has 1 fully saturated rings. The summed E-state index contributed by atoms with van der Waals surface area (Å²) in [5.74, 6) is 0.868. The standard InChI is InChI=1S/C23H22N4O3S/c1-30-18-11-5-4-10-17(18)27-22(29)21-20(15-8-2-3-9-16(15)24-21)25-23(27)31-14-19(28)26-12-6-7-13-26/h2-5,8-11,24H,6-7,12-14H2,1H3. The highest BCUT2D eigenvalue weighted by Gasteiger charge is 2.22. The van der Waals surface area contributed by atoms with Crippen LogP contribution in [0, 0.1) is 0 Å². The molecule has 1 N–H and O–H groups in total. The Balaban J connectivity index is 1.67. The molecule has 0 spiro atoms. The van der Waals surface area contributed by atoms with Crippen LogP contribution in [0.3, 0.4) is 0 Å². The highest BCUT2D eigenvalue weighted by Crippen LogP contribution is 2.29. The first-order valence-electron chi connectivity index (χ1n) is 10.2. The first kappa shape index (κ1) is 19.7. The number of hydrogen-bond acceptors (Lipinski definition) is 5. The van der Waals surface area contributed by atoms with E-state index in [2.05, 4.69) is 4.98 Å². The number of carbonyl (C=O) groups is 1. The first-order valence-corrected chi connectivity index (χ1v) is 11.2. The Hall–Kier alpha value is -3.26. The van der Waals surface area contributed by atoms with Gasteiger partial charge < -0.3 is 14.6 Å². The van der Waals surface area contributed by atoms with Crippen LogP contribution in [0.15, 0.2) is 58.5 Å². The molecular weight excluding hydrogens is 412 g/mol. The molecule has 0 unspecified atom stereocenters. The van der Waals surface area contributed by atoms with Gasteiger partial charge in [-0.2, -0.15) is 0 Å². The topological polar surface area (TPSA) is 80.2 Å². The summed E-state index contributed by atoms with van der Waals surface area (Å²) < 4.78 is 7.05. The number of methoxy groups -OCH3 is 1. The van der Waals surface area contributed by atoms with Gasteiger partial charge in [-0.15, -0.1) is 0 Å². The number of benzene rings is 2. The quantitative estimate of drug-likeness (QED) is 0.384. The van der Waals surface area contributed by atoms with Crippen LogP contribution in [0.4, 0.5) is 0 Å². The third-order valence-corrected chi connectivity index (χ3v) is 6.53. The SMILES string of the molecule is COc1ccccc1-n1c(SCC(=O)N2CCCC2)nc2c([nH]c3ccccc32)c1=O. The molecular formula is C23H22N4O3S. The van der Waals surface area contributed by atoms with Gasteiger partial charge in [-0.05, 0) is 31.0 Å². The number of aromatic amines is 1. The fraction of sp³-hybridized carbons (Fsp3) is 0.261. The second-order valence-corrected chi connectivity index (χ2v) is 8.42. The van der Waals surface area contributed by atoms with Crippen molar-refractivity contribution >= 4 is 39.6 Å². The Bertz CT molecular complexity index is 1340. The van der Waals surface area contributed by atoms with Crippen molar-refractivity contribution in [3.63, 3.8) is 0 Å². The van der Waals surface area contributed by atoms with E-state index in [1.54, 1.807) is 17.7 Å². The number of hydrogen-bond donors (Lipinski definition) is 1. The lowest BCUT2D eigenvalue weighted by Gasteiger charge is -2.17. The van der Waals surface area contributed by atoms with Crippen LogP contribution >= 0.6 is 11.8 Å². The summed E-state index contributed by atoms with van der Waals surface area (Å²) in [6.45, 7) is 1.60. The Morgan fingerprint density at radius 2 is 1.87 bits per heavy atom. The Morgan fingerprint density at radius 1 is 1.13 bits per heavy atom. The van der Waals surface area contributed by atoms with Gasteiger partial charge in [0.05, 0.1) is 18.6 Å². The predicted molar refractivity (Wildman–Crippen MR) is 122 cm³/mol. The smallest absolute Gasteiger partial charge is 0.283 e. The number of rotatable bonds is 5. The lowest BCUT2D eigenvalue weighted by molar-refractivity contribution is -0.127. The lowest BCUT2D eigenvalue weighted by Crippen LogP contribution is -2.29. The first-order chi connectivity index (χ1) is 15.2. The third kappa shape index (κ3) is 3.46. The van der Waals surface area contributed by atoms with Gasteiger partial charge in [0.2, 0.25) is 5.91 Å². The molecule has 1 saturated heterocycles. The van der Waals surface area contributed by atoms with Gasteiger partial charge in [-0.3, -0.25) is 9.59 Å². The van der Waals surface area contributed by atoms with Gasteiger partial charge in [-0.1, -0.05) is 42.1 Å². The van der Waals surface area contributed by atoms with Gasteiger partial charge in [0.1, 0.15) is 16.8 Å². The van der Waals surface area contributed by atoms with E-state index in [-0.39, 0.29) is 17.2 Å². The van der Waals surface area contributed by atoms with Gasteiger partial charge in [0.15, 0.2) is 5.16 Å². The molecule has 158 valence electrons. The molecule has 1 aliphatic rings. The zero-order valence-corrected chi connectivity index (χ0v) is 17.9. The van der Waals surface area contributed by atoms with Crippen LogP contribution in [0.25, 0.3) is 27.6 Å². The molecule has 4 aromatic rings. The Labute approximate surface area is 183 Å². The van der Waals surface area contributed by atoms with E-state index in [9.17, 15) is 9.59 Å². The van der Waals surface area contributed by atoms with E-state index in [4.69, 9.17) is 9.72 Å². The van der Waals surface area contributed by atoms with E-state index in [1.165, 1.54) is 11.8 Å². The van der Waals surface area contributed by atoms with Crippen molar-refractivity contribution in [2.75, 3.05) is 26.0 Å². The van der Waals surface area contributed by atoms with E-state index in [0.29, 0.717) is 27.6 Å². The number of aromatic nitrogens is 3. The number of amides is 1. The minimum atomic E-state index is -0.221. The minimum Gasteiger partial charge on any atom is -0.495 e. The average molecular weight is 435 g/mol. The summed E-state index contributed by atoms with van der Waals surface area (Å²) in [6, 6.07) is 15.0. The van der Waals surface area contributed by atoms with Crippen LogP contribution in [0.1, 0.15) is 12.8 Å². The van der Waals surface area contributed by atoms with E-state index in [0.717, 1.165) is 36.8 Å². The molecule has 0 bridgehead atoms. The highest BCUT2D eigenvalue weighted by molar-refractivity contribution is 7.99. The second-order valence-electron chi connectivity index (χ2n) is 7.48. The lowest BCUT2D eigenvalue weighted by atomic mass is 10.2. The van der Waals surface area contributed by atoms with Crippen molar-refractivity contribution in [3.05, 3.63) is 58.9 Å². The van der Waals surface area contributed by atoms with Gasteiger partial charge in [0.25, 0.3) is 5.56 Å². The van der Waals surface area contributed by atoms with Gasteiger partial charge >= 0.3 is 0 Å². The van der Waals surface area contributed by atoms with Crippen molar-refractivity contribution in [2.45, 2.75) is 18.0 Å². The number of thioether (sulfide) groups is 1. The molecule has 31 heavy (non-hydrogen) atoms. The number of fused-ring (bicyclic) bond motifs is 3. The molecule has 3 heterocycles. The van der Waals surface area contributed by atoms with Crippen LogP contribution in [-0.4, -0.2) is 51.3 Å². The molecule has 0 radical (unpaired) electrons. The normalized spacial score (nSPS) is 13.9. The Kier molecular flexibility index (Phi) is 5.15. The second kappa shape index (κ2) is 8.11. The van der Waals surface area contributed by atoms with Crippen LogP contribution in [0.2, 0.25) is 0 Å². The zero-order chi connectivity index (χ0) is 21.4. The molecule has 0 atom stereocenters. The molecule has 0 saturated carbocycles. The highest BCUT2D eigenvalue weighted by atomic mass is 32.2. The van der Waals surface area contributed by atoms with Crippen molar-refractivity contribution in [1.82, 2.24) is 19.4 Å². The largest absolute Gasteiger partial charge is 0.495 e. The fourth-order valence-electron chi connectivity index (χ4n) is 4.05. The van der Waals surface area contributed by atoms with Crippen molar-refractivity contribution in [2.24, 2.45) is 0 Å². The number of H-pyrrole nitrogens is 1. The molecule has 8 heteroatoms.